The minimum absolute atomic E-state index is 0.00206. The van der Waals surface area contributed by atoms with Crippen LogP contribution >= 0.6 is 0 Å². The Labute approximate surface area is 114 Å². The van der Waals surface area contributed by atoms with Crippen LogP contribution in [0, 0.1) is 0 Å². The standard InChI is InChI=1S/C14H12O6/c1-18-9-3-6-7(4-10(9)19-2)13(16)11-8(12(6)15)5-20-14(11)17/h3-4,15-16H,5H2,1-2H3. The summed E-state index contributed by atoms with van der Waals surface area (Å²) in [4.78, 5) is 11.6. The first-order chi connectivity index (χ1) is 9.58. The summed E-state index contributed by atoms with van der Waals surface area (Å²) in [6, 6.07) is 3.06. The van der Waals surface area contributed by atoms with Crippen LogP contribution in [0.3, 0.4) is 0 Å². The van der Waals surface area contributed by atoms with Crippen LogP contribution in [-0.2, 0) is 11.3 Å². The highest BCUT2D eigenvalue weighted by Crippen LogP contribution is 2.46. The number of hydrogen-bond acceptors (Lipinski definition) is 6. The minimum atomic E-state index is -0.649. The van der Waals surface area contributed by atoms with Gasteiger partial charge in [0, 0.05) is 10.8 Å². The molecule has 2 aromatic rings. The summed E-state index contributed by atoms with van der Waals surface area (Å²) in [5, 5.41) is 21.2. The van der Waals surface area contributed by atoms with Crippen molar-refractivity contribution in [3.8, 4) is 23.0 Å². The van der Waals surface area contributed by atoms with Gasteiger partial charge in [-0.3, -0.25) is 0 Å². The van der Waals surface area contributed by atoms with Gasteiger partial charge in [0.15, 0.2) is 11.5 Å². The molecule has 0 saturated carbocycles. The molecule has 0 radical (unpaired) electrons. The van der Waals surface area contributed by atoms with Crippen LogP contribution in [0.5, 0.6) is 23.0 Å². The van der Waals surface area contributed by atoms with Crippen LogP contribution < -0.4 is 9.47 Å². The fourth-order valence-corrected chi connectivity index (χ4v) is 2.40. The average Bonchev–Trinajstić information content (AvgIpc) is 2.85. The molecule has 104 valence electrons. The molecule has 6 nitrogen and oxygen atoms in total. The van der Waals surface area contributed by atoms with E-state index in [0.717, 1.165) is 0 Å². The molecule has 0 unspecified atom stereocenters. The maximum atomic E-state index is 11.6. The van der Waals surface area contributed by atoms with E-state index in [2.05, 4.69) is 0 Å². The van der Waals surface area contributed by atoms with Gasteiger partial charge in [0.25, 0.3) is 0 Å². The second kappa shape index (κ2) is 4.19. The maximum absolute atomic E-state index is 11.6. The number of carbonyl (C=O) groups is 1. The van der Waals surface area contributed by atoms with E-state index in [0.29, 0.717) is 22.3 Å². The number of aromatic hydroxyl groups is 2. The molecule has 6 heteroatoms. The van der Waals surface area contributed by atoms with Gasteiger partial charge in [0.1, 0.15) is 23.7 Å². The zero-order valence-electron chi connectivity index (χ0n) is 10.9. The lowest BCUT2D eigenvalue weighted by Gasteiger charge is -2.13. The molecule has 0 saturated heterocycles. The van der Waals surface area contributed by atoms with Gasteiger partial charge in [-0.25, -0.2) is 4.79 Å². The van der Waals surface area contributed by atoms with Crippen molar-refractivity contribution in [3.05, 3.63) is 23.3 Å². The van der Waals surface area contributed by atoms with Gasteiger partial charge in [-0.05, 0) is 12.1 Å². The number of phenols is 2. The number of phenolic OH excluding ortho intramolecular Hbond substituents is 2. The summed E-state index contributed by atoms with van der Waals surface area (Å²) in [6.45, 7) is -0.0577. The van der Waals surface area contributed by atoms with Crippen molar-refractivity contribution >= 4 is 16.7 Å². The van der Waals surface area contributed by atoms with Gasteiger partial charge in [-0.15, -0.1) is 0 Å². The Morgan fingerprint density at radius 2 is 1.60 bits per heavy atom. The Kier molecular flexibility index (Phi) is 2.60. The van der Waals surface area contributed by atoms with E-state index in [1.807, 2.05) is 0 Å². The topological polar surface area (TPSA) is 85.2 Å². The summed E-state index contributed by atoms with van der Waals surface area (Å²) in [5.41, 5.74) is 0.287. The lowest BCUT2D eigenvalue weighted by molar-refractivity contribution is 0.0532. The lowest BCUT2D eigenvalue weighted by Crippen LogP contribution is -1.96. The number of rotatable bonds is 2. The molecule has 0 fully saturated rings. The molecule has 0 aliphatic carbocycles. The van der Waals surface area contributed by atoms with Crippen molar-refractivity contribution in [3.63, 3.8) is 0 Å². The van der Waals surface area contributed by atoms with Crippen LogP contribution in [0.25, 0.3) is 10.8 Å². The number of carbonyl (C=O) groups excluding carboxylic acids is 1. The highest BCUT2D eigenvalue weighted by molar-refractivity contribution is 6.07. The largest absolute Gasteiger partial charge is 0.507 e. The van der Waals surface area contributed by atoms with E-state index in [-0.39, 0.29) is 29.2 Å². The molecular weight excluding hydrogens is 264 g/mol. The highest BCUT2D eigenvalue weighted by Gasteiger charge is 2.31. The molecule has 2 N–H and O–H groups in total. The Balaban J connectivity index is 2.44. The van der Waals surface area contributed by atoms with E-state index < -0.39 is 5.97 Å². The summed E-state index contributed by atoms with van der Waals surface area (Å²) >= 11 is 0. The molecule has 3 rings (SSSR count). The first-order valence-corrected chi connectivity index (χ1v) is 5.88. The predicted octanol–water partition coefficient (Wildman–Crippen LogP) is 1.94. The quantitative estimate of drug-likeness (QED) is 0.644. The van der Waals surface area contributed by atoms with E-state index in [1.54, 1.807) is 6.07 Å². The number of ether oxygens (including phenoxy) is 3. The second-order valence-corrected chi connectivity index (χ2v) is 4.38. The van der Waals surface area contributed by atoms with Gasteiger partial charge in [0.2, 0.25) is 0 Å². The third-order valence-corrected chi connectivity index (χ3v) is 3.41. The summed E-state index contributed by atoms with van der Waals surface area (Å²) in [7, 11) is 2.93. The van der Waals surface area contributed by atoms with Gasteiger partial charge >= 0.3 is 5.97 Å². The van der Waals surface area contributed by atoms with Gasteiger partial charge in [-0.1, -0.05) is 0 Å². The molecular formula is C14H12O6. The number of cyclic esters (lactones) is 1. The van der Waals surface area contributed by atoms with Crippen molar-refractivity contribution in [1.82, 2.24) is 0 Å². The molecule has 1 aliphatic heterocycles. The van der Waals surface area contributed by atoms with Crippen LogP contribution in [0.1, 0.15) is 15.9 Å². The molecule has 0 amide bonds. The van der Waals surface area contributed by atoms with Crippen LogP contribution in [0.4, 0.5) is 0 Å². The molecule has 0 atom stereocenters. The number of fused-ring (bicyclic) bond motifs is 2. The van der Waals surface area contributed by atoms with Crippen LogP contribution in [-0.4, -0.2) is 30.4 Å². The monoisotopic (exact) mass is 276 g/mol. The van der Waals surface area contributed by atoms with E-state index in [1.165, 1.54) is 20.3 Å². The predicted molar refractivity (Wildman–Crippen MR) is 69.5 cm³/mol. The molecule has 1 heterocycles. The van der Waals surface area contributed by atoms with Gasteiger partial charge in [-0.2, -0.15) is 0 Å². The first-order valence-electron chi connectivity index (χ1n) is 5.88. The van der Waals surface area contributed by atoms with Crippen LogP contribution in [0.2, 0.25) is 0 Å². The fraction of sp³-hybridized carbons (Fsp3) is 0.214. The van der Waals surface area contributed by atoms with Crippen molar-refractivity contribution < 1.29 is 29.2 Å². The Morgan fingerprint density at radius 1 is 1.05 bits per heavy atom. The second-order valence-electron chi connectivity index (χ2n) is 4.38. The molecule has 0 bridgehead atoms. The van der Waals surface area contributed by atoms with Crippen molar-refractivity contribution in [2.45, 2.75) is 6.61 Å². The number of hydrogen-bond donors (Lipinski definition) is 2. The Hall–Kier alpha value is -2.63. The molecule has 2 aromatic carbocycles. The van der Waals surface area contributed by atoms with Gasteiger partial charge in [0.05, 0.1) is 19.8 Å². The summed E-state index contributed by atoms with van der Waals surface area (Å²) in [6.07, 6.45) is 0. The average molecular weight is 276 g/mol. The van der Waals surface area contributed by atoms with Gasteiger partial charge < -0.3 is 24.4 Å². The third-order valence-electron chi connectivity index (χ3n) is 3.41. The third kappa shape index (κ3) is 1.48. The zero-order valence-corrected chi connectivity index (χ0v) is 10.9. The molecule has 1 aliphatic rings. The molecule has 20 heavy (non-hydrogen) atoms. The Bertz CT molecular complexity index is 735. The number of esters is 1. The first kappa shape index (κ1) is 12.4. The van der Waals surface area contributed by atoms with Crippen molar-refractivity contribution in [2.24, 2.45) is 0 Å². The zero-order chi connectivity index (χ0) is 14.4. The fourth-order valence-electron chi connectivity index (χ4n) is 2.40. The summed E-state index contributed by atoms with van der Waals surface area (Å²) in [5.74, 6) is -0.166. The number of methoxy groups -OCH3 is 2. The number of benzene rings is 2. The smallest absolute Gasteiger partial charge is 0.342 e. The lowest BCUT2D eigenvalue weighted by atomic mass is 9.99. The highest BCUT2D eigenvalue weighted by atomic mass is 16.5. The minimum Gasteiger partial charge on any atom is -0.507 e. The normalized spacial score (nSPS) is 13.2. The Morgan fingerprint density at radius 3 is 2.15 bits per heavy atom. The molecule has 0 spiro atoms. The van der Waals surface area contributed by atoms with Crippen LogP contribution in [0.15, 0.2) is 12.1 Å². The van der Waals surface area contributed by atoms with Crippen molar-refractivity contribution in [2.75, 3.05) is 14.2 Å². The summed E-state index contributed by atoms with van der Waals surface area (Å²) < 4.78 is 15.2. The molecule has 0 aromatic heterocycles. The van der Waals surface area contributed by atoms with Crippen molar-refractivity contribution in [1.29, 1.82) is 0 Å². The SMILES string of the molecule is COc1cc2c(O)c3c(c(O)c2cc1OC)C(=O)OC3. The van der Waals surface area contributed by atoms with E-state index in [9.17, 15) is 15.0 Å². The van der Waals surface area contributed by atoms with E-state index in [4.69, 9.17) is 14.2 Å². The maximum Gasteiger partial charge on any atom is 0.342 e. The van der Waals surface area contributed by atoms with E-state index >= 15 is 0 Å².